The second-order valence-electron chi connectivity index (χ2n) is 10.0. The summed E-state index contributed by atoms with van der Waals surface area (Å²) in [5.41, 5.74) is 8.73. The molecule has 1 fully saturated rings. The summed E-state index contributed by atoms with van der Waals surface area (Å²) in [6, 6.07) is 9.47. The number of nitriles is 1. The Morgan fingerprint density at radius 1 is 1.18 bits per heavy atom. The molecular formula is C29H28F3N7O4S. The zero-order valence-corrected chi connectivity index (χ0v) is 24.6. The van der Waals surface area contributed by atoms with Crippen LogP contribution in [0.1, 0.15) is 32.9 Å². The van der Waals surface area contributed by atoms with Crippen LogP contribution >= 0.6 is 12.6 Å². The molecule has 5 rings (SSSR count). The number of nitro benzene ring substituents is 1. The average Bonchev–Trinajstić information content (AvgIpc) is 3.44. The van der Waals surface area contributed by atoms with E-state index in [1.165, 1.54) is 11.7 Å². The van der Waals surface area contributed by atoms with Crippen LogP contribution in [0.15, 0.2) is 53.1 Å². The fourth-order valence-corrected chi connectivity index (χ4v) is 4.92. The Kier molecular flexibility index (Phi) is 9.65. The number of carbonyl (C=O) groups excluding carboxylic acids is 1. The van der Waals surface area contributed by atoms with Crippen molar-refractivity contribution in [1.82, 2.24) is 9.88 Å². The van der Waals surface area contributed by atoms with Crippen LogP contribution in [0, 0.1) is 34.6 Å². The van der Waals surface area contributed by atoms with Crippen LogP contribution in [-0.2, 0) is 12.7 Å². The lowest BCUT2D eigenvalue weighted by molar-refractivity contribution is -0.384. The molecule has 0 aliphatic carbocycles. The number of piperazine rings is 1. The van der Waals surface area contributed by atoms with Crippen molar-refractivity contribution in [3.8, 4) is 5.40 Å². The third-order valence-corrected chi connectivity index (χ3v) is 7.35. The molecule has 1 aliphatic rings. The fourth-order valence-electron chi connectivity index (χ4n) is 4.92. The van der Waals surface area contributed by atoms with Gasteiger partial charge in [-0.05, 0) is 55.8 Å². The van der Waals surface area contributed by atoms with Gasteiger partial charge in [-0.1, -0.05) is 12.6 Å². The quantitative estimate of drug-likeness (QED) is 0.102. The van der Waals surface area contributed by atoms with Crippen LogP contribution in [0.3, 0.4) is 0 Å². The maximum Gasteiger partial charge on any atom is 0.416 e. The first kappa shape index (κ1) is 32.1. The van der Waals surface area contributed by atoms with E-state index in [0.717, 1.165) is 34.3 Å². The van der Waals surface area contributed by atoms with Crippen molar-refractivity contribution in [2.75, 3.05) is 42.1 Å². The Morgan fingerprint density at radius 2 is 1.86 bits per heavy atom. The molecule has 44 heavy (non-hydrogen) atoms. The van der Waals surface area contributed by atoms with Crippen molar-refractivity contribution in [1.29, 1.82) is 5.26 Å². The number of nitrogen functional groups attached to an aromatic ring is 1. The van der Waals surface area contributed by atoms with E-state index in [-0.39, 0.29) is 11.6 Å². The molecule has 1 saturated heterocycles. The second-order valence-corrected chi connectivity index (χ2v) is 10.2. The number of furan rings is 1. The number of halogens is 3. The highest BCUT2D eigenvalue weighted by molar-refractivity contribution is 7.85. The summed E-state index contributed by atoms with van der Waals surface area (Å²) in [6.45, 7) is 5.70. The minimum absolute atomic E-state index is 0.136. The largest absolute Gasteiger partial charge is 0.467 e. The lowest BCUT2D eigenvalue weighted by atomic mass is 10.1. The number of nitrogens with zero attached hydrogens (tertiary/aromatic N) is 5. The van der Waals surface area contributed by atoms with Gasteiger partial charge in [-0.3, -0.25) is 24.8 Å². The Morgan fingerprint density at radius 3 is 2.50 bits per heavy atom. The van der Waals surface area contributed by atoms with E-state index < -0.39 is 22.4 Å². The molecule has 1 amide bonds. The number of fused-ring (bicyclic) bond motifs is 1. The van der Waals surface area contributed by atoms with Crippen molar-refractivity contribution in [2.45, 2.75) is 26.6 Å². The van der Waals surface area contributed by atoms with Crippen LogP contribution < -0.4 is 16.0 Å². The molecule has 4 aromatic rings. The van der Waals surface area contributed by atoms with Crippen LogP contribution in [0.2, 0.25) is 0 Å². The number of pyridine rings is 1. The Labute approximate surface area is 255 Å². The predicted octanol–water partition coefficient (Wildman–Crippen LogP) is 5.93. The summed E-state index contributed by atoms with van der Waals surface area (Å²) in [7, 11) is 0. The van der Waals surface area contributed by atoms with E-state index in [2.05, 4.69) is 22.9 Å². The third-order valence-electron chi connectivity index (χ3n) is 7.35. The van der Waals surface area contributed by atoms with Gasteiger partial charge >= 0.3 is 6.18 Å². The standard InChI is InChI=1S/C28H27F3N6O4.CHNS/c1-16-17(2)33-22-5-4-19(14-21(22)26(16)32)34-27(38)20-7-12-41-25(20)15-35-8-10-36(11-9-35)23-6-3-18(28(29,30)31)13-24(23)37(39)40;2-1-3/h3-7,12-14H,8-11,15H2,1-2H3,(H2,32,33)(H,34,38);3H. The van der Waals surface area contributed by atoms with Gasteiger partial charge in [0.15, 0.2) is 0 Å². The van der Waals surface area contributed by atoms with E-state index in [1.807, 2.05) is 18.7 Å². The Bertz CT molecular complexity index is 1750. The Balaban J connectivity index is 0.00000141. The molecule has 0 saturated carbocycles. The molecule has 15 heteroatoms. The third kappa shape index (κ3) is 7.04. The number of anilines is 3. The molecule has 11 nitrogen and oxygen atoms in total. The molecule has 3 N–H and O–H groups in total. The molecule has 0 atom stereocenters. The first-order valence-electron chi connectivity index (χ1n) is 13.2. The van der Waals surface area contributed by atoms with Gasteiger partial charge in [0, 0.05) is 54.7 Å². The van der Waals surface area contributed by atoms with Gasteiger partial charge in [-0.2, -0.15) is 18.4 Å². The number of thiocyanates is 1. The van der Waals surface area contributed by atoms with Crippen molar-refractivity contribution in [3.63, 3.8) is 0 Å². The molecule has 3 heterocycles. The topological polar surface area (TPSA) is 155 Å². The minimum Gasteiger partial charge on any atom is -0.467 e. The summed E-state index contributed by atoms with van der Waals surface area (Å²) in [4.78, 5) is 32.1. The highest BCUT2D eigenvalue weighted by Crippen LogP contribution is 2.37. The molecule has 0 unspecified atom stereocenters. The van der Waals surface area contributed by atoms with Gasteiger partial charge in [-0.25, -0.2) is 0 Å². The van der Waals surface area contributed by atoms with Crippen LogP contribution in [0.25, 0.3) is 10.9 Å². The van der Waals surface area contributed by atoms with Gasteiger partial charge in [-0.15, -0.1) is 0 Å². The van der Waals surface area contributed by atoms with Crippen molar-refractivity contribution in [3.05, 3.63) is 87.0 Å². The molecule has 0 bridgehead atoms. The second kappa shape index (κ2) is 13.2. The number of nitrogens with one attached hydrogen (secondary N) is 1. The van der Waals surface area contributed by atoms with Gasteiger partial charge in [0.1, 0.15) is 16.8 Å². The van der Waals surface area contributed by atoms with Crippen LogP contribution in [0.5, 0.6) is 0 Å². The maximum absolute atomic E-state index is 13.1. The highest BCUT2D eigenvalue weighted by Gasteiger charge is 2.34. The number of aromatic nitrogens is 1. The number of rotatable bonds is 6. The van der Waals surface area contributed by atoms with E-state index in [9.17, 15) is 28.1 Å². The first-order chi connectivity index (χ1) is 20.8. The molecule has 2 aromatic carbocycles. The molecule has 0 spiro atoms. The molecule has 230 valence electrons. The smallest absolute Gasteiger partial charge is 0.416 e. The summed E-state index contributed by atoms with van der Waals surface area (Å²) in [5, 5.41) is 23.8. The Hall–Kier alpha value is -4.81. The predicted molar refractivity (Wildman–Crippen MR) is 162 cm³/mol. The van der Waals surface area contributed by atoms with Crippen LogP contribution in [0.4, 0.5) is 35.9 Å². The first-order valence-corrected chi connectivity index (χ1v) is 13.7. The van der Waals surface area contributed by atoms with E-state index in [4.69, 9.17) is 15.4 Å². The number of thiol groups is 1. The number of benzene rings is 2. The van der Waals surface area contributed by atoms with Crippen molar-refractivity contribution < 1.29 is 27.3 Å². The minimum atomic E-state index is -4.67. The van der Waals surface area contributed by atoms with Gasteiger partial charge in [0.05, 0.1) is 34.4 Å². The summed E-state index contributed by atoms with van der Waals surface area (Å²) in [5.74, 6) is 0.0902. The number of hydrogen-bond acceptors (Lipinski definition) is 10. The number of nitrogens with two attached hydrogens (primary N) is 1. The van der Waals surface area contributed by atoms with Gasteiger partial charge in [0.25, 0.3) is 11.6 Å². The van der Waals surface area contributed by atoms with Crippen LogP contribution in [-0.4, -0.2) is 46.9 Å². The molecule has 0 radical (unpaired) electrons. The monoisotopic (exact) mass is 627 g/mol. The number of amides is 1. The SMILES string of the molecule is Cc1nc2ccc(NC(=O)c3ccoc3CN3CCN(c4ccc(C(F)(F)F)cc4[N+](=O)[O-])CC3)cc2c(N)c1C.N#CS. The van der Waals surface area contributed by atoms with E-state index >= 15 is 0 Å². The van der Waals surface area contributed by atoms with Gasteiger partial charge in [0.2, 0.25) is 0 Å². The number of aryl methyl sites for hydroxylation is 1. The molecule has 2 aromatic heterocycles. The lowest BCUT2D eigenvalue weighted by Crippen LogP contribution is -2.46. The number of alkyl halides is 3. The average molecular weight is 628 g/mol. The summed E-state index contributed by atoms with van der Waals surface area (Å²) < 4.78 is 44.8. The van der Waals surface area contributed by atoms with E-state index in [0.29, 0.717) is 61.5 Å². The number of carbonyl (C=O) groups is 1. The van der Waals surface area contributed by atoms with E-state index in [1.54, 1.807) is 29.2 Å². The summed E-state index contributed by atoms with van der Waals surface area (Å²) in [6.07, 6.45) is -3.24. The van der Waals surface area contributed by atoms with Crippen molar-refractivity contribution >= 4 is 52.2 Å². The number of nitro groups is 1. The molecular weight excluding hydrogens is 599 g/mol. The zero-order valence-electron chi connectivity index (χ0n) is 23.7. The summed E-state index contributed by atoms with van der Waals surface area (Å²) >= 11 is 3.09. The maximum atomic E-state index is 13.1. The highest BCUT2D eigenvalue weighted by atomic mass is 32.1. The molecule has 1 aliphatic heterocycles. The normalized spacial score (nSPS) is 13.6. The lowest BCUT2D eigenvalue weighted by Gasteiger charge is -2.35. The zero-order chi connectivity index (χ0) is 32.2. The number of hydrogen-bond donors (Lipinski definition) is 3. The fraction of sp³-hybridized carbons (Fsp3) is 0.276. The van der Waals surface area contributed by atoms with Crippen molar-refractivity contribution in [2.24, 2.45) is 0 Å². The van der Waals surface area contributed by atoms with Gasteiger partial charge < -0.3 is 20.4 Å².